The van der Waals surface area contributed by atoms with E-state index >= 15 is 0 Å². The fourth-order valence-electron chi connectivity index (χ4n) is 7.50. The second-order valence-corrected chi connectivity index (χ2v) is 12.6. The van der Waals surface area contributed by atoms with Crippen LogP contribution in [0.2, 0.25) is 0 Å². The molecular weight excluding hydrogens is 492 g/mol. The van der Waals surface area contributed by atoms with Crippen LogP contribution >= 0.6 is 0 Å². The van der Waals surface area contributed by atoms with E-state index in [-0.39, 0.29) is 35.6 Å². The summed E-state index contributed by atoms with van der Waals surface area (Å²) in [6.45, 7) is 1.86. The first-order chi connectivity index (χ1) is 18.9. The number of benzene rings is 1. The molecule has 39 heavy (non-hydrogen) atoms. The van der Waals surface area contributed by atoms with Gasteiger partial charge >= 0.3 is 0 Å². The van der Waals surface area contributed by atoms with Crippen molar-refractivity contribution in [2.45, 2.75) is 101 Å². The average molecular weight is 535 g/mol. The van der Waals surface area contributed by atoms with Gasteiger partial charge in [-0.3, -0.25) is 14.9 Å². The van der Waals surface area contributed by atoms with Gasteiger partial charge in [-0.1, -0.05) is 44.2 Å². The number of rotatable bonds is 4. The molecule has 8 nitrogen and oxygen atoms in total. The van der Waals surface area contributed by atoms with Crippen molar-refractivity contribution in [3.05, 3.63) is 35.4 Å². The Labute approximate surface area is 231 Å². The number of carbonyl (C=O) groups is 2. The summed E-state index contributed by atoms with van der Waals surface area (Å²) in [5.74, 6) is 0.374. The van der Waals surface area contributed by atoms with Crippen LogP contribution in [0.4, 0.5) is 0 Å². The first-order valence-electron chi connectivity index (χ1n) is 15.2. The minimum absolute atomic E-state index is 0.0318. The predicted octanol–water partition coefficient (Wildman–Crippen LogP) is 3.91. The largest absolute Gasteiger partial charge is 0.380 e. The molecular formula is C31H42N4O4. The number of piperazine rings is 1. The van der Waals surface area contributed by atoms with Crippen LogP contribution in [0.15, 0.2) is 24.3 Å². The number of nitrogens with one attached hydrogen (secondary N) is 1. The third-order valence-electron chi connectivity index (χ3n) is 10.1. The predicted molar refractivity (Wildman–Crippen MR) is 145 cm³/mol. The first kappa shape index (κ1) is 26.7. The lowest BCUT2D eigenvalue weighted by molar-refractivity contribution is -0.143. The second kappa shape index (κ2) is 10.8. The summed E-state index contributed by atoms with van der Waals surface area (Å²) >= 11 is 0. The minimum atomic E-state index is -1.15. The smallest absolute Gasteiger partial charge is 0.254 e. The second-order valence-electron chi connectivity index (χ2n) is 12.6. The van der Waals surface area contributed by atoms with Gasteiger partial charge in [-0.15, -0.1) is 0 Å². The standard InChI is InChI=1S/C31H42N4O4/c32-21-22-12-13-31(25-6-4-2-1-3-5-7-25)26(20-22)33-27(39-31)23-8-10-24(11-9-23)28(36)34-16-18-35(19-17-34)29(37)30(38)14-15-30/h8-11,22,25-27,33,38H,1-7,12-20H2. The molecule has 4 atom stereocenters. The van der Waals surface area contributed by atoms with Crippen molar-refractivity contribution in [2.75, 3.05) is 26.2 Å². The molecule has 0 aromatic heterocycles. The molecule has 0 bridgehead atoms. The zero-order valence-electron chi connectivity index (χ0n) is 22.9. The maximum absolute atomic E-state index is 13.2. The van der Waals surface area contributed by atoms with Crippen LogP contribution in [0.3, 0.4) is 0 Å². The van der Waals surface area contributed by atoms with Crippen molar-refractivity contribution >= 4 is 11.8 Å². The summed E-state index contributed by atoms with van der Waals surface area (Å²) in [6.07, 6.45) is 12.4. The van der Waals surface area contributed by atoms with Gasteiger partial charge in [0, 0.05) is 43.7 Å². The highest BCUT2D eigenvalue weighted by atomic mass is 16.5. The number of aliphatic hydroxyl groups is 1. The summed E-state index contributed by atoms with van der Waals surface area (Å²) in [5, 5.41) is 23.5. The van der Waals surface area contributed by atoms with Crippen molar-refractivity contribution in [1.29, 1.82) is 5.26 Å². The number of hydrogen-bond acceptors (Lipinski definition) is 6. The Kier molecular flexibility index (Phi) is 7.43. The quantitative estimate of drug-likeness (QED) is 0.607. The number of nitriles is 1. The molecule has 2 saturated heterocycles. The Morgan fingerprint density at radius 1 is 0.923 bits per heavy atom. The van der Waals surface area contributed by atoms with E-state index in [0.29, 0.717) is 50.5 Å². The number of amides is 2. The van der Waals surface area contributed by atoms with Gasteiger partial charge in [0.15, 0.2) is 0 Å². The number of ether oxygens (including phenoxy) is 1. The lowest BCUT2D eigenvalue weighted by Gasteiger charge is -2.45. The zero-order chi connectivity index (χ0) is 27.0. The van der Waals surface area contributed by atoms with E-state index in [1.165, 1.54) is 44.9 Å². The van der Waals surface area contributed by atoms with Crippen LogP contribution in [0.5, 0.6) is 0 Å². The maximum Gasteiger partial charge on any atom is 0.254 e. The highest BCUT2D eigenvalue weighted by Gasteiger charge is 2.55. The molecule has 2 N–H and O–H groups in total. The fourth-order valence-corrected chi connectivity index (χ4v) is 7.50. The van der Waals surface area contributed by atoms with Gasteiger partial charge in [-0.2, -0.15) is 5.26 Å². The van der Waals surface area contributed by atoms with Gasteiger partial charge in [-0.05, 0) is 68.6 Å². The monoisotopic (exact) mass is 534 g/mol. The zero-order valence-corrected chi connectivity index (χ0v) is 22.9. The molecule has 5 fully saturated rings. The summed E-state index contributed by atoms with van der Waals surface area (Å²) in [6, 6.07) is 10.5. The van der Waals surface area contributed by atoms with E-state index < -0.39 is 5.60 Å². The van der Waals surface area contributed by atoms with Gasteiger partial charge in [0.05, 0.1) is 11.7 Å². The van der Waals surface area contributed by atoms with E-state index in [9.17, 15) is 20.0 Å². The molecule has 4 unspecified atom stereocenters. The van der Waals surface area contributed by atoms with Crippen LogP contribution in [0, 0.1) is 23.2 Å². The highest BCUT2D eigenvalue weighted by molar-refractivity contribution is 5.94. The van der Waals surface area contributed by atoms with E-state index in [1.807, 2.05) is 24.3 Å². The van der Waals surface area contributed by atoms with E-state index in [1.54, 1.807) is 9.80 Å². The summed E-state index contributed by atoms with van der Waals surface area (Å²) < 4.78 is 6.98. The topological polar surface area (TPSA) is 106 Å². The van der Waals surface area contributed by atoms with Gasteiger partial charge in [0.2, 0.25) is 0 Å². The van der Waals surface area contributed by atoms with E-state index in [4.69, 9.17) is 4.74 Å². The molecule has 2 heterocycles. The number of nitrogens with zero attached hydrogens (tertiary/aromatic N) is 3. The number of hydrogen-bond donors (Lipinski definition) is 2. The molecule has 1 aromatic rings. The van der Waals surface area contributed by atoms with Gasteiger partial charge in [0.25, 0.3) is 11.8 Å². The van der Waals surface area contributed by atoms with Gasteiger partial charge in [-0.25, -0.2) is 0 Å². The van der Waals surface area contributed by atoms with Gasteiger partial charge < -0.3 is 19.6 Å². The lowest BCUT2D eigenvalue weighted by atomic mass is 9.66. The molecule has 0 radical (unpaired) electrons. The van der Waals surface area contributed by atoms with Gasteiger partial charge in [0.1, 0.15) is 11.8 Å². The lowest BCUT2D eigenvalue weighted by Crippen LogP contribution is -2.53. The molecule has 8 heteroatoms. The third-order valence-corrected chi connectivity index (χ3v) is 10.1. The summed E-state index contributed by atoms with van der Waals surface area (Å²) in [4.78, 5) is 29.1. The van der Waals surface area contributed by atoms with Crippen molar-refractivity contribution < 1.29 is 19.4 Å². The van der Waals surface area contributed by atoms with Crippen LogP contribution in [-0.2, 0) is 9.53 Å². The molecule has 0 spiro atoms. The Bertz CT molecular complexity index is 1100. The molecule has 5 aliphatic rings. The molecule has 6 rings (SSSR count). The molecule has 2 aliphatic heterocycles. The molecule has 210 valence electrons. The molecule has 1 aromatic carbocycles. The van der Waals surface area contributed by atoms with Crippen molar-refractivity contribution in [3.8, 4) is 6.07 Å². The van der Waals surface area contributed by atoms with Crippen molar-refractivity contribution in [3.63, 3.8) is 0 Å². The third kappa shape index (κ3) is 5.21. The Morgan fingerprint density at radius 3 is 2.21 bits per heavy atom. The van der Waals surface area contributed by atoms with Crippen LogP contribution in [0.25, 0.3) is 0 Å². The van der Waals surface area contributed by atoms with E-state index in [2.05, 4.69) is 11.4 Å². The summed E-state index contributed by atoms with van der Waals surface area (Å²) in [7, 11) is 0. The van der Waals surface area contributed by atoms with Crippen LogP contribution in [0.1, 0.15) is 99.2 Å². The average Bonchev–Trinajstić information content (AvgIpc) is 3.59. The van der Waals surface area contributed by atoms with Crippen LogP contribution < -0.4 is 5.32 Å². The van der Waals surface area contributed by atoms with Crippen molar-refractivity contribution in [2.24, 2.45) is 11.8 Å². The highest BCUT2D eigenvalue weighted by Crippen LogP contribution is 2.50. The molecule has 3 saturated carbocycles. The molecule has 3 aliphatic carbocycles. The first-order valence-corrected chi connectivity index (χ1v) is 15.2. The Balaban J connectivity index is 1.12. The number of carbonyl (C=O) groups excluding carboxylic acids is 2. The normalized spacial score (nSPS) is 33.0. The van der Waals surface area contributed by atoms with Crippen LogP contribution in [-0.4, -0.2) is 70.1 Å². The summed E-state index contributed by atoms with van der Waals surface area (Å²) in [5.41, 5.74) is 0.287. The van der Waals surface area contributed by atoms with E-state index in [0.717, 1.165) is 24.8 Å². The van der Waals surface area contributed by atoms with Crippen molar-refractivity contribution in [1.82, 2.24) is 15.1 Å². The maximum atomic E-state index is 13.2. The minimum Gasteiger partial charge on any atom is -0.380 e. The Hall–Kier alpha value is -2.47. The Morgan fingerprint density at radius 2 is 1.56 bits per heavy atom. The number of fused-ring (bicyclic) bond motifs is 1. The molecule has 2 amide bonds. The fraction of sp³-hybridized carbons (Fsp3) is 0.710. The SMILES string of the molecule is N#CC1CCC2(C3CCCCCCC3)OC(c3ccc(C(=O)N4CCN(C(=O)C5(O)CC5)CC4)cc3)NC2C1.